The standard InChI is InChI=1S/C28H44/c1-9-13-27(21(5)10-2)24(8)28(16-17-28)23(7)18-26(20(3)4)19-25-15-12-11-14-22(25)6/h10,18-19,24,27H,6,9,11-17H2,1-5,7-8H3/b21-10+,23-18+,25-19-/t24?,27-/m1/s1. The van der Waals surface area contributed by atoms with Gasteiger partial charge in [0.2, 0.25) is 0 Å². The maximum Gasteiger partial charge on any atom is -0.00556 e. The second-order valence-electron chi connectivity index (χ2n) is 9.64. The second kappa shape index (κ2) is 9.95. The topological polar surface area (TPSA) is 0 Å². The molecule has 0 heterocycles. The quantitative estimate of drug-likeness (QED) is 0.291. The van der Waals surface area contributed by atoms with Crippen LogP contribution < -0.4 is 0 Å². The molecule has 2 saturated carbocycles. The minimum atomic E-state index is 0.410. The third kappa shape index (κ3) is 5.19. The Kier molecular flexibility index (Phi) is 8.17. The predicted molar refractivity (Wildman–Crippen MR) is 126 cm³/mol. The fraction of sp³-hybridized carbons (Fsp3) is 0.643. The van der Waals surface area contributed by atoms with Gasteiger partial charge in [0.15, 0.2) is 0 Å². The molecule has 2 aliphatic carbocycles. The molecule has 2 rings (SSSR count). The van der Waals surface area contributed by atoms with E-state index in [0.717, 1.165) is 5.92 Å². The fourth-order valence-electron chi connectivity index (χ4n) is 5.19. The Balaban J connectivity index is 2.32. The molecule has 0 heteroatoms. The van der Waals surface area contributed by atoms with E-state index in [1.54, 1.807) is 11.1 Å². The molecule has 0 aromatic heterocycles. The van der Waals surface area contributed by atoms with Crippen LogP contribution in [0.1, 0.15) is 99.8 Å². The molecule has 0 aromatic carbocycles. The van der Waals surface area contributed by atoms with Gasteiger partial charge in [-0.25, -0.2) is 0 Å². The fourth-order valence-corrected chi connectivity index (χ4v) is 5.19. The molecule has 28 heavy (non-hydrogen) atoms. The lowest BCUT2D eigenvalue weighted by Crippen LogP contribution is -2.24. The number of rotatable bonds is 8. The van der Waals surface area contributed by atoms with Crippen molar-refractivity contribution in [1.29, 1.82) is 0 Å². The minimum absolute atomic E-state index is 0.410. The molecule has 0 N–H and O–H groups in total. The lowest BCUT2D eigenvalue weighted by molar-refractivity contribution is 0.274. The van der Waals surface area contributed by atoms with E-state index in [1.165, 1.54) is 73.7 Å². The zero-order valence-electron chi connectivity index (χ0n) is 19.8. The number of allylic oxidation sites excluding steroid dienone is 9. The molecule has 0 spiro atoms. The van der Waals surface area contributed by atoms with Crippen LogP contribution >= 0.6 is 0 Å². The summed E-state index contributed by atoms with van der Waals surface area (Å²) in [7, 11) is 0. The molecule has 2 atom stereocenters. The second-order valence-corrected chi connectivity index (χ2v) is 9.64. The van der Waals surface area contributed by atoms with Crippen LogP contribution in [0.2, 0.25) is 0 Å². The van der Waals surface area contributed by atoms with Gasteiger partial charge in [-0.15, -0.1) is 0 Å². The normalized spacial score (nSPS) is 23.5. The van der Waals surface area contributed by atoms with E-state index in [-0.39, 0.29) is 0 Å². The van der Waals surface area contributed by atoms with Crippen LogP contribution in [0.4, 0.5) is 0 Å². The van der Waals surface area contributed by atoms with Crippen LogP contribution in [0.15, 0.2) is 58.2 Å². The van der Waals surface area contributed by atoms with Crippen molar-refractivity contribution >= 4 is 0 Å². The van der Waals surface area contributed by atoms with Gasteiger partial charge >= 0.3 is 0 Å². The zero-order chi connectivity index (χ0) is 20.9. The summed E-state index contributed by atoms with van der Waals surface area (Å²) in [4.78, 5) is 0. The van der Waals surface area contributed by atoms with Gasteiger partial charge in [0.1, 0.15) is 0 Å². The molecule has 156 valence electrons. The SMILES string of the molecule is C=C1CCCC/C1=C/C(/C=C(\C)C1(C(C)[C@H](CCC)/C(C)=C/C)CC1)=C(C)C. The Hall–Kier alpha value is -1.30. The maximum absolute atomic E-state index is 4.33. The molecule has 0 bridgehead atoms. The van der Waals surface area contributed by atoms with E-state index in [1.807, 2.05) is 0 Å². The van der Waals surface area contributed by atoms with Gasteiger partial charge in [0, 0.05) is 0 Å². The molecule has 0 aliphatic heterocycles. The van der Waals surface area contributed by atoms with Gasteiger partial charge in [-0.2, -0.15) is 0 Å². The molecule has 0 amide bonds. The van der Waals surface area contributed by atoms with E-state index >= 15 is 0 Å². The summed E-state index contributed by atoms with van der Waals surface area (Å²) in [5.41, 5.74) is 9.27. The lowest BCUT2D eigenvalue weighted by atomic mass is 9.71. The third-order valence-electron chi connectivity index (χ3n) is 7.60. The largest absolute Gasteiger partial charge is 0.0956 e. The van der Waals surface area contributed by atoms with Crippen molar-refractivity contribution in [3.05, 3.63) is 58.2 Å². The first-order chi connectivity index (χ1) is 13.3. The molecular formula is C28H44. The Morgan fingerprint density at radius 1 is 1.11 bits per heavy atom. The Bertz CT molecular complexity index is 684. The first kappa shape index (κ1) is 23.0. The average molecular weight is 381 g/mol. The predicted octanol–water partition coefficient (Wildman–Crippen LogP) is 9.12. The van der Waals surface area contributed by atoms with Crippen molar-refractivity contribution in [1.82, 2.24) is 0 Å². The molecule has 1 unspecified atom stereocenters. The van der Waals surface area contributed by atoms with E-state index in [9.17, 15) is 0 Å². The van der Waals surface area contributed by atoms with Crippen LogP contribution in [0.25, 0.3) is 0 Å². The van der Waals surface area contributed by atoms with Crippen molar-refractivity contribution in [3.8, 4) is 0 Å². The Morgan fingerprint density at radius 2 is 1.75 bits per heavy atom. The third-order valence-corrected chi connectivity index (χ3v) is 7.60. The summed E-state index contributed by atoms with van der Waals surface area (Å²) < 4.78 is 0. The average Bonchev–Trinajstić information content (AvgIpc) is 3.48. The highest BCUT2D eigenvalue weighted by molar-refractivity contribution is 5.45. The van der Waals surface area contributed by atoms with E-state index in [2.05, 4.69) is 73.3 Å². The number of hydrogen-bond donors (Lipinski definition) is 0. The van der Waals surface area contributed by atoms with E-state index in [4.69, 9.17) is 0 Å². The summed E-state index contributed by atoms with van der Waals surface area (Å²) in [6.45, 7) is 20.6. The van der Waals surface area contributed by atoms with Crippen LogP contribution in [0.3, 0.4) is 0 Å². The van der Waals surface area contributed by atoms with Crippen molar-refractivity contribution in [2.24, 2.45) is 17.3 Å². The Morgan fingerprint density at radius 3 is 2.25 bits per heavy atom. The molecule has 2 fully saturated rings. The lowest BCUT2D eigenvalue weighted by Gasteiger charge is -2.33. The monoisotopic (exact) mass is 380 g/mol. The summed E-state index contributed by atoms with van der Waals surface area (Å²) in [6, 6.07) is 0. The summed E-state index contributed by atoms with van der Waals surface area (Å²) in [5, 5.41) is 0. The molecule has 0 nitrogen and oxygen atoms in total. The zero-order valence-corrected chi connectivity index (χ0v) is 19.8. The van der Waals surface area contributed by atoms with Gasteiger partial charge in [-0.3, -0.25) is 0 Å². The molecule has 0 saturated heterocycles. The van der Waals surface area contributed by atoms with Crippen LogP contribution in [0, 0.1) is 17.3 Å². The van der Waals surface area contributed by atoms with Gasteiger partial charge < -0.3 is 0 Å². The van der Waals surface area contributed by atoms with Gasteiger partial charge in [-0.1, -0.05) is 67.4 Å². The van der Waals surface area contributed by atoms with Gasteiger partial charge in [-0.05, 0) is 108 Å². The minimum Gasteiger partial charge on any atom is -0.0956 e. The summed E-state index contributed by atoms with van der Waals surface area (Å²) in [6.07, 6.45) is 17.6. The van der Waals surface area contributed by atoms with E-state index in [0.29, 0.717) is 11.3 Å². The highest BCUT2D eigenvalue weighted by atomic mass is 14.5. The molecule has 2 aliphatic rings. The highest BCUT2D eigenvalue weighted by Crippen LogP contribution is 2.60. The van der Waals surface area contributed by atoms with Gasteiger partial charge in [0.25, 0.3) is 0 Å². The highest BCUT2D eigenvalue weighted by Gasteiger charge is 2.50. The summed E-state index contributed by atoms with van der Waals surface area (Å²) >= 11 is 0. The first-order valence-electron chi connectivity index (χ1n) is 11.6. The smallest absolute Gasteiger partial charge is 0.00556 e. The van der Waals surface area contributed by atoms with Gasteiger partial charge in [0.05, 0.1) is 0 Å². The Labute approximate surface area is 175 Å². The van der Waals surface area contributed by atoms with Crippen molar-refractivity contribution in [2.45, 2.75) is 99.8 Å². The van der Waals surface area contributed by atoms with Crippen molar-refractivity contribution in [3.63, 3.8) is 0 Å². The van der Waals surface area contributed by atoms with Crippen molar-refractivity contribution in [2.75, 3.05) is 0 Å². The molecule has 0 radical (unpaired) electrons. The maximum atomic E-state index is 4.33. The summed E-state index contributed by atoms with van der Waals surface area (Å²) in [5.74, 6) is 1.43. The molecular weight excluding hydrogens is 336 g/mol. The molecule has 0 aromatic rings. The number of hydrogen-bond acceptors (Lipinski definition) is 0. The van der Waals surface area contributed by atoms with E-state index < -0.39 is 0 Å². The van der Waals surface area contributed by atoms with Crippen LogP contribution in [0.5, 0.6) is 0 Å². The van der Waals surface area contributed by atoms with Crippen LogP contribution in [-0.2, 0) is 0 Å². The van der Waals surface area contributed by atoms with Crippen LogP contribution in [-0.4, -0.2) is 0 Å². The van der Waals surface area contributed by atoms with Crippen molar-refractivity contribution < 1.29 is 0 Å². The first-order valence-corrected chi connectivity index (χ1v) is 11.6.